The molecule has 3 aromatic rings. The molecule has 20 heavy (non-hydrogen) atoms. The summed E-state index contributed by atoms with van der Waals surface area (Å²) in [6.45, 7) is 1.95. The molecule has 0 saturated carbocycles. The van der Waals surface area contributed by atoms with Crippen LogP contribution >= 0.6 is 0 Å². The van der Waals surface area contributed by atoms with Crippen LogP contribution in [0.1, 0.15) is 15.9 Å². The molecular formula is C15H14N4O. The van der Waals surface area contributed by atoms with Gasteiger partial charge in [0.2, 0.25) is 0 Å². The van der Waals surface area contributed by atoms with E-state index < -0.39 is 0 Å². The number of nitrogens with zero attached hydrogens (tertiary/aromatic N) is 2. The minimum absolute atomic E-state index is 0.221. The van der Waals surface area contributed by atoms with Crippen LogP contribution in [0.4, 0.5) is 11.4 Å². The Bertz CT molecular complexity index is 791. The number of carbonyl (C=O) groups excluding carboxylic acids is 1. The normalized spacial score (nSPS) is 10.7. The third-order valence-corrected chi connectivity index (χ3v) is 3.13. The van der Waals surface area contributed by atoms with Crippen molar-refractivity contribution in [1.82, 2.24) is 9.61 Å². The Labute approximate surface area is 116 Å². The number of anilines is 2. The van der Waals surface area contributed by atoms with Crippen molar-refractivity contribution < 1.29 is 4.79 Å². The maximum atomic E-state index is 12.3. The van der Waals surface area contributed by atoms with E-state index in [0.29, 0.717) is 16.9 Å². The standard InChI is InChI=1S/C15H14N4O/c1-10-5-6-13(12(16)8-10)18-15(20)11-9-17-19-7-3-2-4-14(11)19/h2-9H,16H2,1H3,(H,18,20). The van der Waals surface area contributed by atoms with E-state index in [0.717, 1.165) is 11.1 Å². The van der Waals surface area contributed by atoms with Crippen LogP contribution in [-0.2, 0) is 0 Å². The van der Waals surface area contributed by atoms with Gasteiger partial charge in [0, 0.05) is 6.20 Å². The van der Waals surface area contributed by atoms with Gasteiger partial charge >= 0.3 is 0 Å². The van der Waals surface area contributed by atoms with Crippen molar-refractivity contribution in [3.63, 3.8) is 0 Å². The lowest BCUT2D eigenvalue weighted by molar-refractivity contribution is 0.102. The lowest BCUT2D eigenvalue weighted by atomic mass is 10.2. The predicted octanol–water partition coefficient (Wildman–Crippen LogP) is 2.48. The number of carbonyl (C=O) groups is 1. The van der Waals surface area contributed by atoms with Crippen LogP contribution in [0.3, 0.4) is 0 Å². The molecule has 2 aromatic heterocycles. The van der Waals surface area contributed by atoms with E-state index in [1.165, 1.54) is 0 Å². The maximum absolute atomic E-state index is 12.3. The van der Waals surface area contributed by atoms with Crippen LogP contribution in [0.25, 0.3) is 5.52 Å². The van der Waals surface area contributed by atoms with Crippen molar-refractivity contribution in [2.45, 2.75) is 6.92 Å². The van der Waals surface area contributed by atoms with Gasteiger partial charge in [-0.3, -0.25) is 4.79 Å². The Morgan fingerprint density at radius 1 is 1.30 bits per heavy atom. The molecular weight excluding hydrogens is 252 g/mol. The summed E-state index contributed by atoms with van der Waals surface area (Å²) in [6, 6.07) is 11.1. The molecule has 0 spiro atoms. The number of hydrogen-bond acceptors (Lipinski definition) is 3. The van der Waals surface area contributed by atoms with Gasteiger partial charge in [0.25, 0.3) is 5.91 Å². The molecule has 0 aliphatic heterocycles. The summed E-state index contributed by atoms with van der Waals surface area (Å²) < 4.78 is 1.66. The van der Waals surface area contributed by atoms with E-state index in [2.05, 4.69) is 10.4 Å². The second-order valence-electron chi connectivity index (χ2n) is 4.63. The van der Waals surface area contributed by atoms with Crippen LogP contribution in [0, 0.1) is 6.92 Å². The van der Waals surface area contributed by atoms with Gasteiger partial charge in [-0.1, -0.05) is 12.1 Å². The van der Waals surface area contributed by atoms with E-state index in [4.69, 9.17) is 5.73 Å². The van der Waals surface area contributed by atoms with Gasteiger partial charge in [-0.15, -0.1) is 0 Å². The topological polar surface area (TPSA) is 72.4 Å². The van der Waals surface area contributed by atoms with E-state index in [1.807, 2.05) is 37.3 Å². The monoisotopic (exact) mass is 266 g/mol. The third kappa shape index (κ3) is 2.09. The number of pyridine rings is 1. The number of aromatic nitrogens is 2. The van der Waals surface area contributed by atoms with Crippen LogP contribution in [0.5, 0.6) is 0 Å². The lowest BCUT2D eigenvalue weighted by Crippen LogP contribution is -2.13. The minimum atomic E-state index is -0.221. The molecule has 5 heteroatoms. The van der Waals surface area contributed by atoms with Gasteiger partial charge in [0.15, 0.2) is 0 Å². The highest BCUT2D eigenvalue weighted by Crippen LogP contribution is 2.21. The van der Waals surface area contributed by atoms with Crippen molar-refractivity contribution in [2.75, 3.05) is 11.1 Å². The number of nitrogens with two attached hydrogens (primary N) is 1. The fourth-order valence-corrected chi connectivity index (χ4v) is 2.10. The van der Waals surface area contributed by atoms with Gasteiger partial charge in [-0.2, -0.15) is 5.10 Å². The fourth-order valence-electron chi connectivity index (χ4n) is 2.10. The second-order valence-corrected chi connectivity index (χ2v) is 4.63. The summed E-state index contributed by atoms with van der Waals surface area (Å²) in [4.78, 5) is 12.3. The van der Waals surface area contributed by atoms with Crippen molar-refractivity contribution in [1.29, 1.82) is 0 Å². The van der Waals surface area contributed by atoms with Gasteiger partial charge in [0.05, 0.1) is 28.7 Å². The first-order valence-electron chi connectivity index (χ1n) is 6.25. The quantitative estimate of drug-likeness (QED) is 0.700. The van der Waals surface area contributed by atoms with Crippen LogP contribution in [0.2, 0.25) is 0 Å². The average molecular weight is 266 g/mol. The number of amides is 1. The molecule has 0 bridgehead atoms. The fraction of sp³-hybridized carbons (Fsp3) is 0.0667. The predicted molar refractivity (Wildman–Crippen MR) is 78.7 cm³/mol. The maximum Gasteiger partial charge on any atom is 0.259 e. The molecule has 3 rings (SSSR count). The second kappa shape index (κ2) is 4.70. The van der Waals surface area contributed by atoms with Gasteiger partial charge in [0.1, 0.15) is 0 Å². The summed E-state index contributed by atoms with van der Waals surface area (Å²) in [5.41, 5.74) is 9.39. The van der Waals surface area contributed by atoms with Gasteiger partial charge in [-0.05, 0) is 36.8 Å². The molecule has 2 heterocycles. The van der Waals surface area contributed by atoms with Crippen LogP contribution in [0.15, 0.2) is 48.8 Å². The van der Waals surface area contributed by atoms with Gasteiger partial charge < -0.3 is 11.1 Å². The first kappa shape index (κ1) is 12.2. The summed E-state index contributed by atoms with van der Waals surface area (Å²) in [5.74, 6) is -0.221. The molecule has 1 aromatic carbocycles. The van der Waals surface area contributed by atoms with Crippen molar-refractivity contribution in [3.8, 4) is 0 Å². The highest BCUT2D eigenvalue weighted by molar-refractivity contribution is 6.09. The number of fused-ring (bicyclic) bond motifs is 1. The molecule has 5 nitrogen and oxygen atoms in total. The van der Waals surface area contributed by atoms with Crippen LogP contribution < -0.4 is 11.1 Å². The SMILES string of the molecule is Cc1ccc(NC(=O)c2cnn3ccccc23)c(N)c1. The number of rotatable bonds is 2. The van der Waals surface area contributed by atoms with E-state index >= 15 is 0 Å². The zero-order chi connectivity index (χ0) is 14.1. The molecule has 0 fully saturated rings. The average Bonchev–Trinajstić information content (AvgIpc) is 2.86. The molecule has 3 N–H and O–H groups in total. The largest absolute Gasteiger partial charge is 0.397 e. The Morgan fingerprint density at radius 3 is 2.95 bits per heavy atom. The zero-order valence-corrected chi connectivity index (χ0v) is 11.0. The zero-order valence-electron chi connectivity index (χ0n) is 11.0. The molecule has 1 amide bonds. The number of hydrogen-bond donors (Lipinski definition) is 2. The Balaban J connectivity index is 1.93. The first-order valence-corrected chi connectivity index (χ1v) is 6.25. The molecule has 0 aliphatic rings. The molecule has 0 radical (unpaired) electrons. The van der Waals surface area contributed by atoms with E-state index in [-0.39, 0.29) is 5.91 Å². The number of nitrogens with one attached hydrogen (secondary N) is 1. The Hall–Kier alpha value is -2.82. The Kier molecular flexibility index (Phi) is 2.87. The summed E-state index contributed by atoms with van der Waals surface area (Å²) in [7, 11) is 0. The molecule has 0 unspecified atom stereocenters. The highest BCUT2D eigenvalue weighted by atomic mass is 16.1. The summed E-state index contributed by atoms with van der Waals surface area (Å²) in [6.07, 6.45) is 3.35. The van der Waals surface area contributed by atoms with Gasteiger partial charge in [-0.25, -0.2) is 4.52 Å². The van der Waals surface area contributed by atoms with Crippen molar-refractivity contribution >= 4 is 22.8 Å². The van der Waals surface area contributed by atoms with E-state index in [9.17, 15) is 4.79 Å². The molecule has 100 valence electrons. The molecule has 0 aliphatic carbocycles. The molecule has 0 saturated heterocycles. The van der Waals surface area contributed by atoms with Crippen molar-refractivity contribution in [3.05, 3.63) is 59.9 Å². The van der Waals surface area contributed by atoms with Crippen molar-refractivity contribution in [2.24, 2.45) is 0 Å². The summed E-state index contributed by atoms with van der Waals surface area (Å²) in [5, 5.41) is 6.96. The summed E-state index contributed by atoms with van der Waals surface area (Å²) >= 11 is 0. The number of aryl methyl sites for hydroxylation is 1. The first-order chi connectivity index (χ1) is 9.65. The van der Waals surface area contributed by atoms with E-state index in [1.54, 1.807) is 23.0 Å². The smallest absolute Gasteiger partial charge is 0.259 e. The highest BCUT2D eigenvalue weighted by Gasteiger charge is 2.13. The third-order valence-electron chi connectivity index (χ3n) is 3.13. The lowest BCUT2D eigenvalue weighted by Gasteiger charge is -2.08. The minimum Gasteiger partial charge on any atom is -0.397 e. The molecule has 0 atom stereocenters. The van der Waals surface area contributed by atoms with Crippen LogP contribution in [-0.4, -0.2) is 15.5 Å². The number of nitrogen functional groups attached to an aromatic ring is 1. The number of benzene rings is 1. The Morgan fingerprint density at radius 2 is 2.15 bits per heavy atom.